The van der Waals surface area contributed by atoms with E-state index in [9.17, 15) is 14.3 Å². The first-order valence-electron chi connectivity index (χ1n) is 5.31. The van der Waals surface area contributed by atoms with Crippen molar-refractivity contribution >= 4 is 5.91 Å². The summed E-state index contributed by atoms with van der Waals surface area (Å²) in [7, 11) is 0. The molecule has 0 radical (unpaired) electrons. The number of hydrogen-bond acceptors (Lipinski definition) is 2. The van der Waals surface area contributed by atoms with E-state index in [1.165, 1.54) is 6.07 Å². The molecule has 17 heavy (non-hydrogen) atoms. The molecule has 0 fully saturated rings. The molecule has 4 heteroatoms. The second-order valence-corrected chi connectivity index (χ2v) is 3.65. The van der Waals surface area contributed by atoms with Gasteiger partial charge in [0.15, 0.2) is 0 Å². The number of phenolic OH excluding ortho intramolecular Hbond substituents is 1. The maximum absolute atomic E-state index is 12.7. The highest BCUT2D eigenvalue weighted by molar-refractivity contribution is 5.96. The van der Waals surface area contributed by atoms with Crippen molar-refractivity contribution in [1.82, 2.24) is 5.32 Å². The first kappa shape index (κ1) is 13.0. The topological polar surface area (TPSA) is 49.3 Å². The normalized spacial score (nSPS) is 11.6. The number of carbonyl (C=O) groups is 1. The van der Waals surface area contributed by atoms with E-state index in [0.29, 0.717) is 12.8 Å². The Morgan fingerprint density at radius 2 is 2.35 bits per heavy atom. The van der Waals surface area contributed by atoms with Crippen LogP contribution in [0.5, 0.6) is 5.75 Å². The van der Waals surface area contributed by atoms with E-state index in [4.69, 9.17) is 6.42 Å². The van der Waals surface area contributed by atoms with Crippen LogP contribution < -0.4 is 5.32 Å². The molecular weight excluding hydrogens is 221 g/mol. The number of terminal acetylenes is 1. The fraction of sp³-hybridized carbons (Fsp3) is 0.308. The van der Waals surface area contributed by atoms with Gasteiger partial charge in [-0.25, -0.2) is 4.39 Å². The number of rotatable bonds is 4. The molecule has 1 atom stereocenters. The number of phenols is 1. The standard InChI is InChI=1S/C13H14FNO2/c1-3-5-10(4-2)15-13(17)11-7-6-9(14)8-12(11)16/h1,6-8,10,16H,4-5H2,2H3,(H,15,17). The molecule has 90 valence electrons. The highest BCUT2D eigenvalue weighted by Gasteiger charge is 2.15. The number of benzene rings is 1. The van der Waals surface area contributed by atoms with Gasteiger partial charge < -0.3 is 10.4 Å². The summed E-state index contributed by atoms with van der Waals surface area (Å²) in [6.07, 6.45) is 6.28. The van der Waals surface area contributed by atoms with Crippen LogP contribution in [0.25, 0.3) is 0 Å². The summed E-state index contributed by atoms with van der Waals surface area (Å²) < 4.78 is 12.7. The van der Waals surface area contributed by atoms with E-state index < -0.39 is 11.7 Å². The van der Waals surface area contributed by atoms with Crippen LogP contribution in [0.4, 0.5) is 4.39 Å². The Balaban J connectivity index is 2.79. The smallest absolute Gasteiger partial charge is 0.255 e. The van der Waals surface area contributed by atoms with Crippen molar-refractivity contribution in [2.24, 2.45) is 0 Å². The van der Waals surface area contributed by atoms with Crippen molar-refractivity contribution in [3.63, 3.8) is 0 Å². The molecule has 0 aliphatic heterocycles. The van der Waals surface area contributed by atoms with Crippen LogP contribution >= 0.6 is 0 Å². The highest BCUT2D eigenvalue weighted by Crippen LogP contribution is 2.18. The molecule has 1 rings (SSSR count). The fourth-order valence-corrected chi connectivity index (χ4v) is 1.40. The summed E-state index contributed by atoms with van der Waals surface area (Å²) in [5.41, 5.74) is 0.0434. The van der Waals surface area contributed by atoms with Crippen LogP contribution in [0.3, 0.4) is 0 Å². The van der Waals surface area contributed by atoms with Crippen LogP contribution in [-0.4, -0.2) is 17.1 Å². The number of aromatic hydroxyl groups is 1. The number of hydrogen-bond donors (Lipinski definition) is 2. The molecule has 1 aromatic carbocycles. The average Bonchev–Trinajstić information content (AvgIpc) is 2.28. The van der Waals surface area contributed by atoms with E-state index in [1.807, 2.05) is 6.92 Å². The first-order chi connectivity index (χ1) is 8.08. The van der Waals surface area contributed by atoms with Crippen LogP contribution in [0.15, 0.2) is 18.2 Å². The molecule has 0 aliphatic rings. The summed E-state index contributed by atoms with van der Waals surface area (Å²) in [5, 5.41) is 12.1. The zero-order chi connectivity index (χ0) is 12.8. The first-order valence-corrected chi connectivity index (χ1v) is 5.31. The predicted molar refractivity (Wildman–Crippen MR) is 63.1 cm³/mol. The molecule has 0 bridgehead atoms. The third kappa shape index (κ3) is 3.49. The Labute approximate surface area is 99.7 Å². The average molecular weight is 235 g/mol. The van der Waals surface area contributed by atoms with Crippen LogP contribution in [0.2, 0.25) is 0 Å². The maximum atomic E-state index is 12.7. The van der Waals surface area contributed by atoms with Crippen molar-refractivity contribution in [1.29, 1.82) is 0 Å². The third-order valence-electron chi connectivity index (χ3n) is 2.40. The molecule has 0 heterocycles. The van der Waals surface area contributed by atoms with Gasteiger partial charge in [0, 0.05) is 18.5 Å². The van der Waals surface area contributed by atoms with Crippen molar-refractivity contribution in [2.75, 3.05) is 0 Å². The Morgan fingerprint density at radius 1 is 1.65 bits per heavy atom. The minimum atomic E-state index is -0.588. The Kier molecular flexibility index (Phi) is 4.53. The lowest BCUT2D eigenvalue weighted by Gasteiger charge is -2.14. The van der Waals surface area contributed by atoms with E-state index in [2.05, 4.69) is 11.2 Å². The van der Waals surface area contributed by atoms with E-state index in [0.717, 1.165) is 12.1 Å². The molecule has 1 amide bonds. The molecule has 1 aromatic rings. The van der Waals surface area contributed by atoms with Gasteiger partial charge >= 0.3 is 0 Å². The zero-order valence-electron chi connectivity index (χ0n) is 9.53. The summed E-state index contributed by atoms with van der Waals surface area (Å²) in [4.78, 5) is 11.8. The van der Waals surface area contributed by atoms with Gasteiger partial charge in [-0.05, 0) is 18.6 Å². The molecule has 0 spiro atoms. The lowest BCUT2D eigenvalue weighted by molar-refractivity contribution is 0.0934. The summed E-state index contributed by atoms with van der Waals surface area (Å²) in [5.74, 6) is 1.04. The minimum absolute atomic E-state index is 0.0434. The van der Waals surface area contributed by atoms with Gasteiger partial charge in [-0.15, -0.1) is 12.3 Å². The molecule has 2 N–H and O–H groups in total. The number of nitrogens with one attached hydrogen (secondary N) is 1. The Hall–Kier alpha value is -2.02. The minimum Gasteiger partial charge on any atom is -0.507 e. The maximum Gasteiger partial charge on any atom is 0.255 e. The SMILES string of the molecule is C#CCC(CC)NC(=O)c1ccc(F)cc1O. The summed E-state index contributed by atoms with van der Waals surface area (Å²) >= 11 is 0. The van der Waals surface area contributed by atoms with E-state index >= 15 is 0 Å². The number of amides is 1. The number of halogens is 1. The lowest BCUT2D eigenvalue weighted by atomic mass is 10.1. The summed E-state index contributed by atoms with van der Waals surface area (Å²) in [6, 6.07) is 3.12. The molecule has 1 unspecified atom stereocenters. The molecule has 0 saturated heterocycles. The second kappa shape index (κ2) is 5.90. The fourth-order valence-electron chi connectivity index (χ4n) is 1.40. The zero-order valence-corrected chi connectivity index (χ0v) is 9.53. The Morgan fingerprint density at radius 3 is 2.88 bits per heavy atom. The van der Waals surface area contributed by atoms with E-state index in [-0.39, 0.29) is 17.4 Å². The van der Waals surface area contributed by atoms with Gasteiger partial charge in [-0.2, -0.15) is 0 Å². The third-order valence-corrected chi connectivity index (χ3v) is 2.40. The van der Waals surface area contributed by atoms with Crippen LogP contribution in [-0.2, 0) is 0 Å². The molecule has 0 saturated carbocycles. The highest BCUT2D eigenvalue weighted by atomic mass is 19.1. The monoisotopic (exact) mass is 235 g/mol. The van der Waals surface area contributed by atoms with Gasteiger partial charge in [0.2, 0.25) is 0 Å². The Bertz CT molecular complexity index is 451. The van der Waals surface area contributed by atoms with Crippen molar-refractivity contribution in [3.05, 3.63) is 29.6 Å². The number of carbonyl (C=O) groups excluding carboxylic acids is 1. The van der Waals surface area contributed by atoms with E-state index in [1.54, 1.807) is 0 Å². The van der Waals surface area contributed by atoms with Gasteiger partial charge in [0.1, 0.15) is 11.6 Å². The van der Waals surface area contributed by atoms with Crippen molar-refractivity contribution in [2.45, 2.75) is 25.8 Å². The largest absolute Gasteiger partial charge is 0.507 e. The summed E-state index contributed by atoms with van der Waals surface area (Å²) in [6.45, 7) is 1.90. The van der Waals surface area contributed by atoms with Gasteiger partial charge in [-0.1, -0.05) is 6.92 Å². The molecule has 3 nitrogen and oxygen atoms in total. The van der Waals surface area contributed by atoms with Gasteiger partial charge in [0.05, 0.1) is 5.56 Å². The van der Waals surface area contributed by atoms with Crippen molar-refractivity contribution < 1.29 is 14.3 Å². The van der Waals surface area contributed by atoms with Crippen LogP contribution in [0.1, 0.15) is 30.1 Å². The molecular formula is C13H14FNO2. The molecule has 0 aromatic heterocycles. The predicted octanol–water partition coefficient (Wildman–Crippen LogP) is 2.06. The lowest BCUT2D eigenvalue weighted by Crippen LogP contribution is -2.34. The van der Waals surface area contributed by atoms with Gasteiger partial charge in [-0.3, -0.25) is 4.79 Å². The van der Waals surface area contributed by atoms with Gasteiger partial charge in [0.25, 0.3) is 5.91 Å². The quantitative estimate of drug-likeness (QED) is 0.785. The van der Waals surface area contributed by atoms with Crippen molar-refractivity contribution in [3.8, 4) is 18.1 Å². The molecule has 0 aliphatic carbocycles. The second-order valence-electron chi connectivity index (χ2n) is 3.65. The van der Waals surface area contributed by atoms with Crippen LogP contribution in [0, 0.1) is 18.2 Å².